The van der Waals surface area contributed by atoms with Gasteiger partial charge in [0.25, 0.3) is 0 Å². The molecular formula is C38H49O2P. The van der Waals surface area contributed by atoms with Gasteiger partial charge in [0.1, 0.15) is 11.5 Å². The smallest absolute Gasteiger partial charge is 0.127 e. The molecule has 2 N–H and O–H groups in total. The van der Waals surface area contributed by atoms with Gasteiger partial charge in [-0.15, -0.1) is 0 Å². The molecule has 0 amide bonds. The Hall–Kier alpha value is -2.83. The van der Waals surface area contributed by atoms with Crippen molar-refractivity contribution in [1.82, 2.24) is 0 Å². The van der Waals surface area contributed by atoms with E-state index in [1.54, 1.807) is 0 Å². The van der Waals surface area contributed by atoms with Gasteiger partial charge in [0, 0.05) is 21.7 Å². The highest BCUT2D eigenvalue weighted by Crippen LogP contribution is 2.47. The Kier molecular flexibility index (Phi) is 7.94. The Labute approximate surface area is 249 Å². The van der Waals surface area contributed by atoms with Crippen molar-refractivity contribution < 1.29 is 10.2 Å². The molecule has 41 heavy (non-hydrogen) atoms. The lowest BCUT2D eigenvalue weighted by molar-refractivity contribution is 0.448. The summed E-state index contributed by atoms with van der Waals surface area (Å²) in [6, 6.07) is 23.8. The Morgan fingerprint density at radius 2 is 0.878 bits per heavy atom. The molecule has 0 bridgehead atoms. The number of phenols is 2. The van der Waals surface area contributed by atoms with E-state index < -0.39 is 7.92 Å². The molecule has 0 aliphatic rings. The molecule has 2 nitrogen and oxygen atoms in total. The zero-order valence-corrected chi connectivity index (χ0v) is 28.1. The molecule has 0 spiro atoms. The molecule has 3 heteroatoms. The SMILES string of the molecule is CC(C)(C)c1cc(P(c2ccc3ccccc3c2)c2cc(C(C)(C)C)cc(C(C)(C)C)c2O)c(O)c(C(C)(C)C)c1. The maximum absolute atomic E-state index is 12.1. The molecule has 4 rings (SSSR count). The normalized spacial score (nSPS) is 13.3. The molecule has 0 heterocycles. The van der Waals surface area contributed by atoms with Crippen LogP contribution in [0.3, 0.4) is 0 Å². The van der Waals surface area contributed by atoms with Crippen LogP contribution in [0.25, 0.3) is 10.8 Å². The average molecular weight is 569 g/mol. The summed E-state index contributed by atoms with van der Waals surface area (Å²) in [6.07, 6.45) is 0. The zero-order valence-electron chi connectivity index (χ0n) is 27.2. The third kappa shape index (κ3) is 6.34. The summed E-state index contributed by atoms with van der Waals surface area (Å²) >= 11 is 0. The van der Waals surface area contributed by atoms with Crippen LogP contribution in [0.5, 0.6) is 11.5 Å². The van der Waals surface area contributed by atoms with Gasteiger partial charge < -0.3 is 10.2 Å². The van der Waals surface area contributed by atoms with Gasteiger partial charge in [-0.2, -0.15) is 0 Å². The highest BCUT2D eigenvalue weighted by atomic mass is 31.1. The first-order valence-corrected chi connectivity index (χ1v) is 16.1. The third-order valence-corrected chi connectivity index (χ3v) is 10.4. The van der Waals surface area contributed by atoms with E-state index in [0.29, 0.717) is 11.5 Å². The first-order chi connectivity index (χ1) is 18.7. The number of fused-ring (bicyclic) bond motifs is 1. The average Bonchev–Trinajstić information content (AvgIpc) is 2.83. The predicted molar refractivity (Wildman–Crippen MR) is 181 cm³/mol. The molecular weight excluding hydrogens is 519 g/mol. The van der Waals surface area contributed by atoms with Crippen LogP contribution < -0.4 is 15.9 Å². The second-order valence-corrected chi connectivity index (χ2v) is 17.8. The van der Waals surface area contributed by atoms with Crippen LogP contribution in [0.15, 0.2) is 66.7 Å². The van der Waals surface area contributed by atoms with Crippen LogP contribution in [-0.2, 0) is 21.7 Å². The van der Waals surface area contributed by atoms with E-state index in [-0.39, 0.29) is 21.7 Å². The summed E-state index contributed by atoms with van der Waals surface area (Å²) in [5.74, 6) is 0.672. The zero-order chi connectivity index (χ0) is 30.7. The Bertz CT molecular complexity index is 1500. The molecule has 0 radical (unpaired) electrons. The number of hydrogen-bond donors (Lipinski definition) is 2. The van der Waals surface area contributed by atoms with Gasteiger partial charge in [0.2, 0.25) is 0 Å². The number of hydrogen-bond acceptors (Lipinski definition) is 2. The molecule has 218 valence electrons. The van der Waals surface area contributed by atoms with Gasteiger partial charge in [0.15, 0.2) is 0 Å². The maximum atomic E-state index is 12.1. The Morgan fingerprint density at radius 1 is 0.463 bits per heavy atom. The minimum absolute atomic E-state index is 0.112. The van der Waals surface area contributed by atoms with Gasteiger partial charge in [-0.25, -0.2) is 0 Å². The molecule has 0 atom stereocenters. The number of rotatable bonds is 3. The minimum atomic E-state index is -1.31. The van der Waals surface area contributed by atoms with Gasteiger partial charge in [0.05, 0.1) is 0 Å². The van der Waals surface area contributed by atoms with E-state index in [2.05, 4.69) is 150 Å². The quantitative estimate of drug-likeness (QED) is 0.242. The summed E-state index contributed by atoms with van der Waals surface area (Å²) in [5, 5.41) is 29.4. The summed E-state index contributed by atoms with van der Waals surface area (Å²) in [7, 11) is -1.31. The van der Waals surface area contributed by atoms with E-state index in [1.807, 2.05) is 0 Å². The van der Waals surface area contributed by atoms with Crippen LogP contribution in [0, 0.1) is 0 Å². The molecule has 0 aliphatic heterocycles. The summed E-state index contributed by atoms with van der Waals surface area (Å²) < 4.78 is 0. The molecule has 0 saturated carbocycles. The third-order valence-electron chi connectivity index (χ3n) is 8.00. The minimum Gasteiger partial charge on any atom is -0.507 e. The highest BCUT2D eigenvalue weighted by molar-refractivity contribution is 7.80. The molecule has 0 saturated heterocycles. The maximum Gasteiger partial charge on any atom is 0.127 e. The Balaban J connectivity index is 2.20. The molecule has 0 aliphatic carbocycles. The van der Waals surface area contributed by atoms with Crippen molar-refractivity contribution in [3.63, 3.8) is 0 Å². The van der Waals surface area contributed by atoms with Gasteiger partial charge >= 0.3 is 0 Å². The first kappa shape index (κ1) is 31.1. The number of phenolic OH excluding ortho intramolecular Hbond substituents is 2. The molecule has 4 aromatic carbocycles. The largest absolute Gasteiger partial charge is 0.507 e. The van der Waals surface area contributed by atoms with Crippen molar-refractivity contribution in [2.75, 3.05) is 0 Å². The van der Waals surface area contributed by atoms with Crippen molar-refractivity contribution in [2.45, 2.75) is 105 Å². The van der Waals surface area contributed by atoms with Crippen LogP contribution in [0.2, 0.25) is 0 Å². The summed E-state index contributed by atoms with van der Waals surface area (Å²) in [4.78, 5) is 0. The van der Waals surface area contributed by atoms with E-state index in [9.17, 15) is 10.2 Å². The van der Waals surface area contributed by atoms with Crippen molar-refractivity contribution in [3.05, 3.63) is 89.0 Å². The highest BCUT2D eigenvalue weighted by Gasteiger charge is 2.33. The summed E-state index contributed by atoms with van der Waals surface area (Å²) in [5.41, 5.74) is 3.52. The number of aromatic hydroxyl groups is 2. The monoisotopic (exact) mass is 568 g/mol. The van der Waals surface area contributed by atoms with Crippen molar-refractivity contribution in [2.24, 2.45) is 0 Å². The molecule has 0 fully saturated rings. The first-order valence-electron chi connectivity index (χ1n) is 14.7. The topological polar surface area (TPSA) is 40.5 Å². The van der Waals surface area contributed by atoms with Crippen LogP contribution in [0.4, 0.5) is 0 Å². The van der Waals surface area contributed by atoms with E-state index in [4.69, 9.17) is 0 Å². The fraction of sp³-hybridized carbons (Fsp3) is 0.421. The van der Waals surface area contributed by atoms with E-state index in [0.717, 1.165) is 32.4 Å². The Morgan fingerprint density at radius 3 is 1.27 bits per heavy atom. The lowest BCUT2D eigenvalue weighted by atomic mass is 9.80. The lowest BCUT2D eigenvalue weighted by Crippen LogP contribution is -2.28. The van der Waals surface area contributed by atoms with E-state index >= 15 is 0 Å². The van der Waals surface area contributed by atoms with Crippen molar-refractivity contribution >= 4 is 34.6 Å². The van der Waals surface area contributed by atoms with Crippen LogP contribution >= 0.6 is 7.92 Å². The van der Waals surface area contributed by atoms with Crippen molar-refractivity contribution in [3.8, 4) is 11.5 Å². The fourth-order valence-corrected chi connectivity index (χ4v) is 7.82. The summed E-state index contributed by atoms with van der Waals surface area (Å²) in [6.45, 7) is 26.3. The van der Waals surface area contributed by atoms with Crippen LogP contribution in [-0.4, -0.2) is 10.2 Å². The predicted octanol–water partition coefficient (Wildman–Crippen LogP) is 9.20. The van der Waals surface area contributed by atoms with Gasteiger partial charge in [-0.05, 0) is 75.0 Å². The molecule has 4 aromatic rings. The molecule has 0 unspecified atom stereocenters. The van der Waals surface area contributed by atoms with Gasteiger partial charge in [-0.3, -0.25) is 0 Å². The molecule has 0 aromatic heterocycles. The fourth-order valence-electron chi connectivity index (χ4n) is 5.31. The van der Waals surface area contributed by atoms with Crippen LogP contribution in [0.1, 0.15) is 105 Å². The van der Waals surface area contributed by atoms with Crippen molar-refractivity contribution in [1.29, 1.82) is 0 Å². The van der Waals surface area contributed by atoms with E-state index in [1.165, 1.54) is 16.5 Å². The van der Waals surface area contributed by atoms with Gasteiger partial charge in [-0.1, -0.05) is 132 Å². The second-order valence-electron chi connectivity index (χ2n) is 15.6. The second kappa shape index (κ2) is 10.5. The standard InChI is InChI=1S/C38H49O2P/c1-35(2,3)26-20-29(37(7,8)9)33(39)31(22-26)41(28-18-17-24-15-13-14-16-25(24)19-28)32-23-27(36(4,5)6)21-30(34(32)40)38(10,11)12/h13-23,39-40H,1-12H3. The number of benzene rings is 4. The lowest BCUT2D eigenvalue weighted by Gasteiger charge is -2.33.